The van der Waals surface area contributed by atoms with Gasteiger partial charge in [0.25, 0.3) is 0 Å². The summed E-state index contributed by atoms with van der Waals surface area (Å²) >= 11 is 0. The van der Waals surface area contributed by atoms with Crippen molar-refractivity contribution in [3.63, 3.8) is 0 Å². The molecule has 5 nitrogen and oxygen atoms in total. The van der Waals surface area contributed by atoms with Gasteiger partial charge in [-0.3, -0.25) is 0 Å². The molecule has 1 aliphatic rings. The Labute approximate surface area is 142 Å². The minimum atomic E-state index is -0.892. The Kier molecular flexibility index (Phi) is 5.11. The average Bonchev–Trinajstić information content (AvgIpc) is 3.09. The third-order valence-electron chi connectivity index (χ3n) is 4.26. The number of aryl methyl sites for hydroxylation is 1. The predicted octanol–water partition coefficient (Wildman–Crippen LogP) is 2.98. The summed E-state index contributed by atoms with van der Waals surface area (Å²) in [5, 5.41) is 12.4. The van der Waals surface area contributed by atoms with Crippen LogP contribution in [0.4, 0.5) is 5.82 Å². The Bertz CT molecular complexity index is 724. The second kappa shape index (κ2) is 7.45. The zero-order valence-corrected chi connectivity index (χ0v) is 14.0. The largest absolute Gasteiger partial charge is 0.478 e. The van der Waals surface area contributed by atoms with Crippen LogP contribution in [0.15, 0.2) is 36.4 Å². The molecule has 0 spiro atoms. The molecule has 5 heteroatoms. The van der Waals surface area contributed by atoms with Gasteiger partial charge < -0.3 is 15.3 Å². The van der Waals surface area contributed by atoms with Gasteiger partial charge >= 0.3 is 5.97 Å². The molecule has 0 radical (unpaired) electrons. The van der Waals surface area contributed by atoms with E-state index in [-0.39, 0.29) is 0 Å². The highest BCUT2D eigenvalue weighted by atomic mass is 16.4. The number of carboxylic acids is 1. The van der Waals surface area contributed by atoms with Crippen LogP contribution in [0.2, 0.25) is 0 Å². The number of aromatic nitrogens is 1. The summed E-state index contributed by atoms with van der Waals surface area (Å²) in [5.41, 5.74) is 3.54. The molecular formula is C19H23N3O2. The summed E-state index contributed by atoms with van der Waals surface area (Å²) in [6, 6.07) is 11.3. The molecule has 3 rings (SSSR count). The summed E-state index contributed by atoms with van der Waals surface area (Å²) in [6.45, 7) is 5.58. The number of carboxylic acid groups (broad SMARTS) is 1. The van der Waals surface area contributed by atoms with Crippen LogP contribution in [0.1, 0.15) is 40.0 Å². The second-order valence-electron chi connectivity index (χ2n) is 6.28. The summed E-state index contributed by atoms with van der Waals surface area (Å²) in [5.74, 6) is 0.175. The van der Waals surface area contributed by atoms with E-state index in [1.165, 1.54) is 18.4 Å². The van der Waals surface area contributed by atoms with Crippen molar-refractivity contribution in [2.24, 2.45) is 0 Å². The van der Waals surface area contributed by atoms with Gasteiger partial charge in [0.15, 0.2) is 0 Å². The molecular weight excluding hydrogens is 302 g/mol. The van der Waals surface area contributed by atoms with Gasteiger partial charge in [-0.05, 0) is 55.2 Å². The van der Waals surface area contributed by atoms with Gasteiger partial charge in [-0.25, -0.2) is 9.78 Å². The van der Waals surface area contributed by atoms with Crippen LogP contribution < -0.4 is 10.2 Å². The molecule has 126 valence electrons. The van der Waals surface area contributed by atoms with Gasteiger partial charge in [0.2, 0.25) is 0 Å². The van der Waals surface area contributed by atoms with Gasteiger partial charge in [-0.1, -0.05) is 12.1 Å². The lowest BCUT2D eigenvalue weighted by Crippen LogP contribution is -2.20. The number of anilines is 1. The second-order valence-corrected chi connectivity index (χ2v) is 6.28. The standard InChI is InChI=1S/C19H23N3O2/c1-14-9-16(11-18(21-14)22-7-2-3-8-22)13-20-12-15-5-4-6-17(10-15)19(23)24/h4-6,9-11,20H,2-3,7-8,12-13H2,1H3,(H,23,24). The van der Waals surface area contributed by atoms with E-state index >= 15 is 0 Å². The molecule has 0 atom stereocenters. The van der Waals surface area contributed by atoms with Crippen molar-refractivity contribution < 1.29 is 9.90 Å². The molecule has 0 saturated carbocycles. The molecule has 2 N–H and O–H groups in total. The quantitative estimate of drug-likeness (QED) is 0.855. The smallest absolute Gasteiger partial charge is 0.335 e. The van der Waals surface area contributed by atoms with Crippen molar-refractivity contribution in [2.75, 3.05) is 18.0 Å². The Hall–Kier alpha value is -2.40. The minimum Gasteiger partial charge on any atom is -0.478 e. The average molecular weight is 325 g/mol. The number of rotatable bonds is 6. The molecule has 0 amide bonds. The molecule has 2 heterocycles. The van der Waals surface area contributed by atoms with Gasteiger partial charge in [-0.2, -0.15) is 0 Å². The third-order valence-corrected chi connectivity index (χ3v) is 4.26. The summed E-state index contributed by atoms with van der Waals surface area (Å²) in [7, 11) is 0. The van der Waals surface area contributed by atoms with Crippen LogP contribution in [0, 0.1) is 6.92 Å². The van der Waals surface area contributed by atoms with Gasteiger partial charge in [0.1, 0.15) is 5.82 Å². The SMILES string of the molecule is Cc1cc(CNCc2cccc(C(=O)O)c2)cc(N2CCCC2)n1. The Morgan fingerprint density at radius 2 is 1.92 bits per heavy atom. The van der Waals surface area contributed by atoms with Crippen LogP contribution in [-0.4, -0.2) is 29.1 Å². The lowest BCUT2D eigenvalue weighted by atomic mass is 10.1. The molecule has 1 fully saturated rings. The number of nitrogens with zero attached hydrogens (tertiary/aromatic N) is 2. The highest BCUT2D eigenvalue weighted by Crippen LogP contribution is 2.20. The van der Waals surface area contributed by atoms with E-state index in [4.69, 9.17) is 5.11 Å². The number of benzene rings is 1. The molecule has 24 heavy (non-hydrogen) atoms. The van der Waals surface area contributed by atoms with Crippen LogP contribution in [0.25, 0.3) is 0 Å². The van der Waals surface area contributed by atoms with Crippen molar-refractivity contribution in [2.45, 2.75) is 32.9 Å². The van der Waals surface area contributed by atoms with Gasteiger partial charge in [0.05, 0.1) is 5.56 Å². The maximum atomic E-state index is 11.0. The van der Waals surface area contributed by atoms with E-state index in [0.717, 1.165) is 36.7 Å². The molecule has 1 aromatic carbocycles. The van der Waals surface area contributed by atoms with E-state index in [2.05, 4.69) is 27.3 Å². The van der Waals surface area contributed by atoms with Gasteiger partial charge in [-0.15, -0.1) is 0 Å². The first-order valence-corrected chi connectivity index (χ1v) is 8.37. The van der Waals surface area contributed by atoms with Crippen LogP contribution in [-0.2, 0) is 13.1 Å². The van der Waals surface area contributed by atoms with E-state index in [0.29, 0.717) is 12.1 Å². The Balaban J connectivity index is 1.62. The molecule has 0 unspecified atom stereocenters. The van der Waals surface area contributed by atoms with E-state index in [1.807, 2.05) is 13.0 Å². The summed E-state index contributed by atoms with van der Waals surface area (Å²) < 4.78 is 0. The number of carbonyl (C=O) groups is 1. The van der Waals surface area contributed by atoms with Crippen LogP contribution >= 0.6 is 0 Å². The first-order chi connectivity index (χ1) is 11.6. The fourth-order valence-electron chi connectivity index (χ4n) is 3.10. The maximum Gasteiger partial charge on any atom is 0.335 e. The van der Waals surface area contributed by atoms with Crippen molar-refractivity contribution in [3.8, 4) is 0 Å². The van der Waals surface area contributed by atoms with Crippen molar-refractivity contribution in [1.82, 2.24) is 10.3 Å². The first kappa shape index (κ1) is 16.5. The fourth-order valence-corrected chi connectivity index (χ4v) is 3.10. The lowest BCUT2D eigenvalue weighted by molar-refractivity contribution is 0.0696. The van der Waals surface area contributed by atoms with E-state index in [9.17, 15) is 4.79 Å². The molecule has 1 aliphatic heterocycles. The molecule has 2 aromatic rings. The number of aromatic carboxylic acids is 1. The summed E-state index contributed by atoms with van der Waals surface area (Å²) in [4.78, 5) is 18.0. The van der Waals surface area contributed by atoms with Crippen molar-refractivity contribution >= 4 is 11.8 Å². The highest BCUT2D eigenvalue weighted by molar-refractivity contribution is 5.87. The topological polar surface area (TPSA) is 65.5 Å². The zero-order valence-electron chi connectivity index (χ0n) is 14.0. The maximum absolute atomic E-state index is 11.0. The molecule has 0 aliphatic carbocycles. The van der Waals surface area contributed by atoms with Crippen molar-refractivity contribution in [1.29, 1.82) is 0 Å². The first-order valence-electron chi connectivity index (χ1n) is 8.37. The Morgan fingerprint density at radius 1 is 1.17 bits per heavy atom. The predicted molar refractivity (Wildman–Crippen MR) is 94.4 cm³/mol. The van der Waals surface area contributed by atoms with Crippen LogP contribution in [0.3, 0.4) is 0 Å². The minimum absolute atomic E-state index is 0.324. The summed E-state index contributed by atoms with van der Waals surface area (Å²) in [6.07, 6.45) is 2.48. The number of pyridine rings is 1. The lowest BCUT2D eigenvalue weighted by Gasteiger charge is -2.18. The van der Waals surface area contributed by atoms with E-state index < -0.39 is 5.97 Å². The van der Waals surface area contributed by atoms with Crippen molar-refractivity contribution in [3.05, 3.63) is 58.8 Å². The number of hydrogen-bond donors (Lipinski definition) is 2. The monoisotopic (exact) mass is 325 g/mol. The fraction of sp³-hybridized carbons (Fsp3) is 0.368. The Morgan fingerprint density at radius 3 is 2.67 bits per heavy atom. The van der Waals surface area contributed by atoms with Crippen LogP contribution in [0.5, 0.6) is 0 Å². The molecule has 1 aromatic heterocycles. The normalized spacial score (nSPS) is 14.1. The number of nitrogens with one attached hydrogen (secondary N) is 1. The van der Waals surface area contributed by atoms with E-state index in [1.54, 1.807) is 18.2 Å². The van der Waals surface area contributed by atoms with Gasteiger partial charge in [0, 0.05) is 31.9 Å². The third kappa shape index (κ3) is 4.11. The molecule has 0 bridgehead atoms. The zero-order chi connectivity index (χ0) is 16.9. The molecule has 1 saturated heterocycles. The highest BCUT2D eigenvalue weighted by Gasteiger charge is 2.14. The number of hydrogen-bond acceptors (Lipinski definition) is 4.